The highest BCUT2D eigenvalue weighted by atomic mass is 79.9. The Kier molecular flexibility index (Phi) is 4.96. The Morgan fingerprint density at radius 1 is 1.29 bits per heavy atom. The number of phenols is 1. The second-order valence-corrected chi connectivity index (χ2v) is 4.32. The molecule has 92 valence electrons. The predicted molar refractivity (Wildman–Crippen MR) is 66.8 cm³/mol. The average molecular weight is 301 g/mol. The zero-order valence-electron chi connectivity index (χ0n) is 9.29. The third-order valence-corrected chi connectivity index (χ3v) is 2.48. The van der Waals surface area contributed by atoms with Crippen LogP contribution in [-0.4, -0.2) is 30.0 Å². The summed E-state index contributed by atoms with van der Waals surface area (Å²) in [6.45, 7) is 2.08. The average Bonchev–Trinajstić information content (AvgIpc) is 2.23. The van der Waals surface area contributed by atoms with Gasteiger partial charge in [0.05, 0.1) is 5.56 Å². The lowest BCUT2D eigenvalue weighted by Crippen LogP contribution is -2.33. The zero-order chi connectivity index (χ0) is 12.8. The summed E-state index contributed by atoms with van der Waals surface area (Å²) in [5.74, 6) is -0.609. The van der Waals surface area contributed by atoms with Gasteiger partial charge < -0.3 is 15.7 Å². The highest BCUT2D eigenvalue weighted by molar-refractivity contribution is 9.10. The van der Waals surface area contributed by atoms with Gasteiger partial charge in [-0.1, -0.05) is 15.9 Å². The van der Waals surface area contributed by atoms with Gasteiger partial charge in [-0.25, -0.2) is 0 Å². The van der Waals surface area contributed by atoms with Crippen LogP contribution in [-0.2, 0) is 4.79 Å². The number of benzene rings is 1. The quantitative estimate of drug-likeness (QED) is 0.727. The second-order valence-electron chi connectivity index (χ2n) is 3.40. The molecule has 1 aromatic carbocycles. The summed E-state index contributed by atoms with van der Waals surface area (Å²) in [5, 5.41) is 14.7. The van der Waals surface area contributed by atoms with Gasteiger partial charge in [-0.05, 0) is 18.2 Å². The molecule has 0 aliphatic carbocycles. The highest BCUT2D eigenvalue weighted by Crippen LogP contribution is 2.21. The molecule has 5 nitrogen and oxygen atoms in total. The number of amides is 2. The number of rotatable bonds is 4. The van der Waals surface area contributed by atoms with Crippen molar-refractivity contribution >= 4 is 27.7 Å². The number of nitrogens with one attached hydrogen (secondary N) is 2. The van der Waals surface area contributed by atoms with Crippen molar-refractivity contribution in [3.8, 4) is 5.75 Å². The van der Waals surface area contributed by atoms with Crippen LogP contribution in [0.3, 0.4) is 0 Å². The molecule has 1 aromatic rings. The van der Waals surface area contributed by atoms with E-state index in [0.717, 1.165) is 0 Å². The molecule has 0 saturated carbocycles. The monoisotopic (exact) mass is 300 g/mol. The molecule has 0 spiro atoms. The number of phenolic OH excluding ortho intramolecular Hbond substituents is 1. The molecule has 0 unspecified atom stereocenters. The third-order valence-electron chi connectivity index (χ3n) is 1.99. The Morgan fingerprint density at radius 2 is 1.94 bits per heavy atom. The maximum Gasteiger partial charge on any atom is 0.255 e. The Balaban J connectivity index is 2.50. The molecule has 0 bridgehead atoms. The summed E-state index contributed by atoms with van der Waals surface area (Å²) in [6, 6.07) is 4.64. The number of carbonyl (C=O) groups excluding carboxylic acids is 2. The fourth-order valence-electron chi connectivity index (χ4n) is 1.21. The molecule has 2 amide bonds. The van der Waals surface area contributed by atoms with Crippen molar-refractivity contribution in [1.82, 2.24) is 10.6 Å². The van der Waals surface area contributed by atoms with Crippen LogP contribution in [0.1, 0.15) is 17.3 Å². The van der Waals surface area contributed by atoms with E-state index in [1.807, 2.05) is 0 Å². The van der Waals surface area contributed by atoms with Gasteiger partial charge in [-0.2, -0.15) is 0 Å². The van der Waals surface area contributed by atoms with Crippen molar-refractivity contribution in [3.63, 3.8) is 0 Å². The van der Waals surface area contributed by atoms with Crippen LogP contribution in [0.25, 0.3) is 0 Å². The van der Waals surface area contributed by atoms with E-state index < -0.39 is 0 Å². The number of aromatic hydroxyl groups is 1. The first-order valence-corrected chi connectivity index (χ1v) is 5.81. The van der Waals surface area contributed by atoms with Gasteiger partial charge in [0.25, 0.3) is 5.91 Å². The Bertz CT molecular complexity index is 435. The molecule has 0 aliphatic rings. The summed E-state index contributed by atoms with van der Waals surface area (Å²) < 4.78 is 0.699. The fourth-order valence-corrected chi connectivity index (χ4v) is 1.56. The summed E-state index contributed by atoms with van der Waals surface area (Å²) >= 11 is 3.19. The number of hydrogen-bond donors (Lipinski definition) is 3. The maximum absolute atomic E-state index is 11.6. The van der Waals surface area contributed by atoms with E-state index in [4.69, 9.17) is 0 Å². The summed E-state index contributed by atoms with van der Waals surface area (Å²) in [5.41, 5.74) is 0.205. The van der Waals surface area contributed by atoms with Crippen LogP contribution < -0.4 is 10.6 Å². The SMILES string of the molecule is CC(=O)NCCNC(=O)c1ccc(Br)cc1O. The summed E-state index contributed by atoms with van der Waals surface area (Å²) in [4.78, 5) is 22.2. The van der Waals surface area contributed by atoms with E-state index in [1.165, 1.54) is 19.1 Å². The summed E-state index contributed by atoms with van der Waals surface area (Å²) in [7, 11) is 0. The largest absolute Gasteiger partial charge is 0.507 e. The number of halogens is 1. The lowest BCUT2D eigenvalue weighted by molar-refractivity contribution is -0.118. The van der Waals surface area contributed by atoms with E-state index in [1.54, 1.807) is 6.07 Å². The van der Waals surface area contributed by atoms with E-state index in [9.17, 15) is 14.7 Å². The van der Waals surface area contributed by atoms with Gasteiger partial charge in [0.15, 0.2) is 0 Å². The van der Waals surface area contributed by atoms with Crippen LogP contribution in [0, 0.1) is 0 Å². The molecule has 1 rings (SSSR count). The van der Waals surface area contributed by atoms with E-state index in [0.29, 0.717) is 17.6 Å². The minimum absolute atomic E-state index is 0.0867. The van der Waals surface area contributed by atoms with Crippen LogP contribution in [0.2, 0.25) is 0 Å². The predicted octanol–water partition coefficient (Wildman–Crippen LogP) is 1.02. The van der Waals surface area contributed by atoms with Crippen molar-refractivity contribution in [2.75, 3.05) is 13.1 Å². The molecule has 3 N–H and O–H groups in total. The lowest BCUT2D eigenvalue weighted by Gasteiger charge is -2.07. The molecule has 0 aliphatic heterocycles. The fraction of sp³-hybridized carbons (Fsp3) is 0.273. The highest BCUT2D eigenvalue weighted by Gasteiger charge is 2.10. The van der Waals surface area contributed by atoms with E-state index >= 15 is 0 Å². The zero-order valence-corrected chi connectivity index (χ0v) is 10.9. The van der Waals surface area contributed by atoms with Crippen LogP contribution in [0.4, 0.5) is 0 Å². The Labute approximate surface area is 107 Å². The van der Waals surface area contributed by atoms with Crippen molar-refractivity contribution in [3.05, 3.63) is 28.2 Å². The maximum atomic E-state index is 11.6. The van der Waals surface area contributed by atoms with Crippen LogP contribution >= 0.6 is 15.9 Å². The van der Waals surface area contributed by atoms with Crippen molar-refractivity contribution < 1.29 is 14.7 Å². The molecular weight excluding hydrogens is 288 g/mol. The van der Waals surface area contributed by atoms with E-state index in [-0.39, 0.29) is 23.1 Å². The normalized spacial score (nSPS) is 9.76. The molecule has 0 radical (unpaired) electrons. The minimum atomic E-state index is -0.375. The van der Waals surface area contributed by atoms with Gasteiger partial charge in [0.2, 0.25) is 5.91 Å². The van der Waals surface area contributed by atoms with Crippen molar-refractivity contribution in [2.24, 2.45) is 0 Å². The van der Waals surface area contributed by atoms with E-state index in [2.05, 4.69) is 26.6 Å². The minimum Gasteiger partial charge on any atom is -0.507 e. The van der Waals surface area contributed by atoms with Crippen LogP contribution in [0.15, 0.2) is 22.7 Å². The standard InChI is InChI=1S/C11H13BrN2O3/c1-7(15)13-4-5-14-11(17)9-3-2-8(12)6-10(9)16/h2-3,6,16H,4-5H2,1H3,(H,13,15)(H,14,17). The molecule has 0 atom stereocenters. The topological polar surface area (TPSA) is 78.4 Å². The molecule has 17 heavy (non-hydrogen) atoms. The molecule has 6 heteroatoms. The van der Waals surface area contributed by atoms with Gasteiger partial charge in [-0.15, -0.1) is 0 Å². The Morgan fingerprint density at radius 3 is 2.53 bits per heavy atom. The van der Waals surface area contributed by atoms with Gasteiger partial charge >= 0.3 is 0 Å². The van der Waals surface area contributed by atoms with Gasteiger partial charge in [-0.3, -0.25) is 9.59 Å². The Hall–Kier alpha value is -1.56. The number of carbonyl (C=O) groups is 2. The van der Waals surface area contributed by atoms with Gasteiger partial charge in [0.1, 0.15) is 5.75 Å². The van der Waals surface area contributed by atoms with Gasteiger partial charge in [0, 0.05) is 24.5 Å². The first-order chi connectivity index (χ1) is 8.00. The first kappa shape index (κ1) is 13.5. The third kappa shape index (κ3) is 4.44. The molecule has 0 heterocycles. The number of hydrogen-bond acceptors (Lipinski definition) is 3. The summed E-state index contributed by atoms with van der Waals surface area (Å²) in [6.07, 6.45) is 0. The second kappa shape index (κ2) is 6.24. The first-order valence-electron chi connectivity index (χ1n) is 5.02. The molecular formula is C11H13BrN2O3. The van der Waals surface area contributed by atoms with Crippen LogP contribution in [0.5, 0.6) is 5.75 Å². The molecule has 0 fully saturated rings. The smallest absolute Gasteiger partial charge is 0.255 e. The lowest BCUT2D eigenvalue weighted by atomic mass is 10.2. The van der Waals surface area contributed by atoms with Crippen molar-refractivity contribution in [2.45, 2.75) is 6.92 Å². The van der Waals surface area contributed by atoms with Crippen molar-refractivity contribution in [1.29, 1.82) is 0 Å². The molecule has 0 saturated heterocycles. The molecule has 0 aromatic heterocycles.